The van der Waals surface area contributed by atoms with Crippen molar-refractivity contribution >= 4 is 29.3 Å². The van der Waals surface area contributed by atoms with Gasteiger partial charge >= 0.3 is 0 Å². The van der Waals surface area contributed by atoms with Crippen molar-refractivity contribution in [2.24, 2.45) is 0 Å². The van der Waals surface area contributed by atoms with Crippen LogP contribution in [-0.4, -0.2) is 0 Å². The Morgan fingerprint density at radius 2 is 2.18 bits per heavy atom. The maximum absolute atomic E-state index is 11.4. The normalized spacial score (nSPS) is 12.6. The summed E-state index contributed by atoms with van der Waals surface area (Å²) in [5, 5.41) is 0. The van der Waals surface area contributed by atoms with Gasteiger partial charge in [0, 0.05) is 12.1 Å². The van der Waals surface area contributed by atoms with Crippen LogP contribution in [0.25, 0.3) is 6.08 Å². The van der Waals surface area contributed by atoms with Gasteiger partial charge in [0.05, 0.1) is 0 Å². The first-order valence-electron chi connectivity index (χ1n) is 5.31. The summed E-state index contributed by atoms with van der Waals surface area (Å²) in [7, 11) is 0. The third-order valence-corrected chi connectivity index (χ3v) is 2.49. The molecule has 0 aliphatic carbocycles. The van der Waals surface area contributed by atoms with E-state index in [2.05, 4.69) is 13.0 Å². The van der Waals surface area contributed by atoms with Gasteiger partial charge in [-0.3, -0.25) is 4.79 Å². The lowest BCUT2D eigenvalue weighted by molar-refractivity contribution is 0.497. The maximum atomic E-state index is 11.4. The molecule has 92 valence electrons. The first-order valence-corrected chi connectivity index (χ1v) is 6.18. The van der Waals surface area contributed by atoms with Gasteiger partial charge < -0.3 is 4.42 Å². The predicted molar refractivity (Wildman–Crippen MR) is 72.5 cm³/mol. The molecule has 2 nitrogen and oxygen atoms in total. The van der Waals surface area contributed by atoms with Gasteiger partial charge in [0.25, 0.3) is 0 Å². The molecule has 0 unspecified atom stereocenters. The van der Waals surface area contributed by atoms with Crippen molar-refractivity contribution in [3.8, 4) is 0 Å². The molecule has 1 aromatic heterocycles. The summed E-state index contributed by atoms with van der Waals surface area (Å²) < 4.78 is 5.37. The van der Waals surface area contributed by atoms with Gasteiger partial charge in [-0.1, -0.05) is 47.9 Å². The minimum absolute atomic E-state index is 0.172. The van der Waals surface area contributed by atoms with Crippen LogP contribution >= 0.6 is 23.2 Å². The van der Waals surface area contributed by atoms with Crippen LogP contribution in [0.1, 0.15) is 36.6 Å². The van der Waals surface area contributed by atoms with E-state index >= 15 is 0 Å². The van der Waals surface area contributed by atoms with Crippen molar-refractivity contribution < 1.29 is 4.42 Å². The number of allylic oxidation sites excluding steroid dienone is 3. The van der Waals surface area contributed by atoms with E-state index in [-0.39, 0.29) is 11.2 Å². The second-order valence-corrected chi connectivity index (χ2v) is 4.68. The van der Waals surface area contributed by atoms with E-state index in [9.17, 15) is 4.79 Å². The summed E-state index contributed by atoms with van der Waals surface area (Å²) in [6, 6.07) is 2.69. The lowest BCUT2D eigenvalue weighted by Crippen LogP contribution is -2.00. The van der Waals surface area contributed by atoms with Crippen molar-refractivity contribution in [2.75, 3.05) is 0 Å². The molecular weight excluding hydrogens is 259 g/mol. The summed E-state index contributed by atoms with van der Waals surface area (Å²) in [5.74, 6) is 0.709. The molecule has 4 heteroatoms. The SMILES string of the molecule is CC/C=C(C)/C=C/c1cc(=O)cc(C(Cl)Cl)o1. The highest BCUT2D eigenvalue weighted by molar-refractivity contribution is 6.43. The molecule has 0 amide bonds. The summed E-state index contributed by atoms with van der Waals surface area (Å²) in [6.07, 6.45) is 6.64. The standard InChI is InChI=1S/C13H14Cl2O2/c1-3-4-9(2)5-6-11-7-10(16)8-12(17-11)13(14)15/h4-8,13H,3H2,1-2H3/b6-5+,9-4+. The Labute approximate surface area is 111 Å². The second kappa shape index (κ2) is 6.67. The van der Waals surface area contributed by atoms with Crippen LogP contribution in [0, 0.1) is 0 Å². The van der Waals surface area contributed by atoms with Crippen molar-refractivity contribution in [1.29, 1.82) is 0 Å². The molecule has 0 atom stereocenters. The van der Waals surface area contributed by atoms with Crippen molar-refractivity contribution in [1.82, 2.24) is 0 Å². The highest BCUT2D eigenvalue weighted by Gasteiger charge is 2.07. The van der Waals surface area contributed by atoms with Crippen LogP contribution in [0.3, 0.4) is 0 Å². The van der Waals surface area contributed by atoms with E-state index in [0.717, 1.165) is 12.0 Å². The van der Waals surface area contributed by atoms with Gasteiger partial charge in [-0.15, -0.1) is 0 Å². The molecule has 1 heterocycles. The molecule has 0 aliphatic heterocycles. The minimum atomic E-state index is -0.830. The Kier molecular flexibility index (Phi) is 5.52. The molecule has 0 saturated carbocycles. The Morgan fingerprint density at radius 1 is 1.47 bits per heavy atom. The van der Waals surface area contributed by atoms with E-state index in [1.165, 1.54) is 12.1 Å². The number of hydrogen-bond donors (Lipinski definition) is 0. The van der Waals surface area contributed by atoms with Crippen LogP contribution in [0.4, 0.5) is 0 Å². The predicted octanol–water partition coefficient (Wildman–Crippen LogP) is 4.49. The van der Waals surface area contributed by atoms with Crippen molar-refractivity contribution in [2.45, 2.75) is 25.1 Å². The molecule has 0 bridgehead atoms. The average Bonchev–Trinajstić information content (AvgIpc) is 2.26. The van der Waals surface area contributed by atoms with Gasteiger partial charge in [-0.05, 0) is 19.4 Å². The zero-order valence-corrected chi connectivity index (χ0v) is 11.3. The third-order valence-electron chi connectivity index (χ3n) is 2.06. The fourth-order valence-electron chi connectivity index (χ4n) is 1.31. The van der Waals surface area contributed by atoms with E-state index in [4.69, 9.17) is 27.6 Å². The second-order valence-electron chi connectivity index (χ2n) is 3.59. The molecule has 17 heavy (non-hydrogen) atoms. The maximum Gasteiger partial charge on any atom is 0.185 e. The lowest BCUT2D eigenvalue weighted by Gasteiger charge is -2.01. The Bertz CT molecular complexity index is 484. The van der Waals surface area contributed by atoms with Crippen LogP contribution in [0.5, 0.6) is 0 Å². The van der Waals surface area contributed by atoms with Crippen LogP contribution in [0.15, 0.2) is 39.1 Å². The summed E-state index contributed by atoms with van der Waals surface area (Å²) >= 11 is 11.3. The number of hydrogen-bond acceptors (Lipinski definition) is 2. The monoisotopic (exact) mass is 272 g/mol. The molecular formula is C13H14Cl2O2. The Balaban J connectivity index is 2.99. The zero-order chi connectivity index (χ0) is 12.8. The quantitative estimate of drug-likeness (QED) is 0.597. The molecule has 1 aromatic rings. The van der Waals surface area contributed by atoms with Gasteiger partial charge in [-0.2, -0.15) is 0 Å². The number of halogens is 2. The number of rotatable bonds is 4. The molecule has 0 fully saturated rings. The first kappa shape index (κ1) is 14.1. The fourth-order valence-corrected chi connectivity index (χ4v) is 1.53. The van der Waals surface area contributed by atoms with Gasteiger partial charge in [0.2, 0.25) is 0 Å². The minimum Gasteiger partial charge on any atom is -0.459 e. The van der Waals surface area contributed by atoms with E-state index < -0.39 is 4.84 Å². The van der Waals surface area contributed by atoms with E-state index in [1.807, 2.05) is 13.0 Å². The first-order chi connectivity index (χ1) is 8.02. The van der Waals surface area contributed by atoms with Gasteiger partial charge in [0.15, 0.2) is 10.3 Å². The summed E-state index contributed by atoms with van der Waals surface area (Å²) in [5.41, 5.74) is 0.933. The van der Waals surface area contributed by atoms with Crippen molar-refractivity contribution in [3.05, 3.63) is 51.6 Å². The van der Waals surface area contributed by atoms with E-state index in [0.29, 0.717) is 5.76 Å². The van der Waals surface area contributed by atoms with Gasteiger partial charge in [0.1, 0.15) is 11.5 Å². The molecule has 0 N–H and O–H groups in total. The smallest absolute Gasteiger partial charge is 0.185 e. The van der Waals surface area contributed by atoms with Crippen molar-refractivity contribution in [3.63, 3.8) is 0 Å². The van der Waals surface area contributed by atoms with Crippen LogP contribution in [-0.2, 0) is 0 Å². The molecule has 1 rings (SSSR count). The largest absolute Gasteiger partial charge is 0.459 e. The summed E-state index contributed by atoms with van der Waals surface area (Å²) in [4.78, 5) is 10.5. The highest BCUT2D eigenvalue weighted by Crippen LogP contribution is 2.24. The molecule has 0 saturated heterocycles. The van der Waals surface area contributed by atoms with E-state index in [1.54, 1.807) is 6.08 Å². The van der Waals surface area contributed by atoms with Crippen LogP contribution in [0.2, 0.25) is 0 Å². The molecule has 0 aromatic carbocycles. The average molecular weight is 273 g/mol. The topological polar surface area (TPSA) is 30.2 Å². The summed E-state index contributed by atoms with van der Waals surface area (Å²) in [6.45, 7) is 4.04. The Hall–Kier alpha value is -0.990. The Morgan fingerprint density at radius 3 is 2.76 bits per heavy atom. The lowest BCUT2D eigenvalue weighted by atomic mass is 10.2. The third kappa shape index (κ3) is 4.80. The number of alkyl halides is 2. The van der Waals surface area contributed by atoms with Crippen LogP contribution < -0.4 is 5.43 Å². The highest BCUT2D eigenvalue weighted by atomic mass is 35.5. The molecule has 0 radical (unpaired) electrons. The fraction of sp³-hybridized carbons (Fsp3) is 0.308. The molecule has 0 spiro atoms. The molecule has 0 aliphatic rings. The van der Waals surface area contributed by atoms with Gasteiger partial charge in [-0.25, -0.2) is 0 Å². The zero-order valence-electron chi connectivity index (χ0n) is 9.74.